The van der Waals surface area contributed by atoms with Crippen LogP contribution >= 0.6 is 0 Å². The van der Waals surface area contributed by atoms with Gasteiger partial charge in [-0.3, -0.25) is 4.79 Å². The third-order valence-electron chi connectivity index (χ3n) is 4.24. The van der Waals surface area contributed by atoms with Gasteiger partial charge in [0, 0.05) is 5.92 Å². The number of rotatable bonds is 5. The van der Waals surface area contributed by atoms with Gasteiger partial charge >= 0.3 is 5.97 Å². The van der Waals surface area contributed by atoms with Crippen molar-refractivity contribution in [2.75, 3.05) is 0 Å². The lowest BCUT2D eigenvalue weighted by molar-refractivity contribution is -0.148. The Morgan fingerprint density at radius 2 is 2.11 bits per heavy atom. The van der Waals surface area contributed by atoms with Gasteiger partial charge in [-0.2, -0.15) is 0 Å². The van der Waals surface area contributed by atoms with Crippen LogP contribution in [0.25, 0.3) is 0 Å². The molecule has 1 saturated carbocycles. The first-order chi connectivity index (χ1) is 8.46. The number of carbonyl (C=O) groups is 2. The Morgan fingerprint density at radius 3 is 2.56 bits per heavy atom. The molecule has 4 heteroatoms. The summed E-state index contributed by atoms with van der Waals surface area (Å²) in [5.74, 6) is -0.236. The molecule has 4 atom stereocenters. The Bertz CT molecular complexity index is 391. The van der Waals surface area contributed by atoms with E-state index in [0.717, 1.165) is 19.3 Å². The van der Waals surface area contributed by atoms with Gasteiger partial charge in [0.25, 0.3) is 0 Å². The van der Waals surface area contributed by atoms with E-state index < -0.39 is 11.5 Å². The average Bonchev–Trinajstić information content (AvgIpc) is 2.90. The van der Waals surface area contributed by atoms with E-state index >= 15 is 0 Å². The number of carboxylic acids is 1. The van der Waals surface area contributed by atoms with Crippen molar-refractivity contribution >= 4 is 11.9 Å². The SMILES string of the molecule is CCCC(C)(NC(=O)C1CC2C=CC1C2)C(=O)O. The largest absolute Gasteiger partial charge is 0.480 e. The molecule has 2 rings (SSSR count). The maximum atomic E-state index is 12.2. The summed E-state index contributed by atoms with van der Waals surface area (Å²) in [5, 5.41) is 12.0. The van der Waals surface area contributed by atoms with Gasteiger partial charge in [-0.25, -0.2) is 4.79 Å². The molecule has 0 heterocycles. The van der Waals surface area contributed by atoms with Crippen molar-refractivity contribution in [3.63, 3.8) is 0 Å². The molecule has 1 fully saturated rings. The Balaban J connectivity index is 2.02. The Labute approximate surface area is 107 Å². The van der Waals surface area contributed by atoms with Crippen molar-refractivity contribution < 1.29 is 14.7 Å². The minimum absolute atomic E-state index is 0.0319. The summed E-state index contributed by atoms with van der Waals surface area (Å²) in [6.45, 7) is 3.52. The highest BCUT2D eigenvalue weighted by Gasteiger charge is 2.43. The van der Waals surface area contributed by atoms with E-state index in [2.05, 4.69) is 17.5 Å². The first-order valence-corrected chi connectivity index (χ1v) is 6.70. The van der Waals surface area contributed by atoms with Crippen molar-refractivity contribution in [1.82, 2.24) is 5.32 Å². The maximum Gasteiger partial charge on any atom is 0.329 e. The van der Waals surface area contributed by atoms with E-state index in [9.17, 15) is 14.7 Å². The summed E-state index contributed by atoms with van der Waals surface area (Å²) in [6.07, 6.45) is 7.40. The zero-order valence-electron chi connectivity index (χ0n) is 11.0. The normalized spacial score (nSPS) is 32.2. The number of carbonyl (C=O) groups excluding carboxylic acids is 1. The number of amides is 1. The lowest BCUT2D eigenvalue weighted by Crippen LogP contribution is -2.54. The van der Waals surface area contributed by atoms with Crippen LogP contribution in [0.3, 0.4) is 0 Å². The Morgan fingerprint density at radius 1 is 1.39 bits per heavy atom. The summed E-state index contributed by atoms with van der Waals surface area (Å²) in [4.78, 5) is 23.5. The molecule has 1 amide bonds. The van der Waals surface area contributed by atoms with Crippen molar-refractivity contribution in [2.24, 2.45) is 17.8 Å². The summed E-state index contributed by atoms with van der Waals surface area (Å²) < 4.78 is 0. The molecule has 0 aromatic rings. The second kappa shape index (κ2) is 4.75. The molecule has 100 valence electrons. The second-order valence-corrected chi connectivity index (χ2v) is 5.76. The molecule has 0 aromatic carbocycles. The minimum atomic E-state index is -1.13. The lowest BCUT2D eigenvalue weighted by atomic mass is 9.90. The van der Waals surface area contributed by atoms with E-state index in [1.54, 1.807) is 6.92 Å². The van der Waals surface area contributed by atoms with Gasteiger partial charge in [0.1, 0.15) is 5.54 Å². The van der Waals surface area contributed by atoms with Crippen LogP contribution in [0.5, 0.6) is 0 Å². The number of aliphatic carboxylic acids is 1. The summed E-state index contributed by atoms with van der Waals surface area (Å²) in [6, 6.07) is 0. The quantitative estimate of drug-likeness (QED) is 0.734. The average molecular weight is 251 g/mol. The monoisotopic (exact) mass is 251 g/mol. The van der Waals surface area contributed by atoms with E-state index in [0.29, 0.717) is 18.3 Å². The predicted molar refractivity (Wildman–Crippen MR) is 67.9 cm³/mol. The fourth-order valence-electron chi connectivity index (χ4n) is 3.17. The molecule has 0 spiro atoms. The summed E-state index contributed by atoms with van der Waals surface area (Å²) in [7, 11) is 0. The molecular weight excluding hydrogens is 230 g/mol. The van der Waals surface area contributed by atoms with Crippen LogP contribution < -0.4 is 5.32 Å². The summed E-state index contributed by atoms with van der Waals surface area (Å²) >= 11 is 0. The molecule has 0 saturated heterocycles. The molecular formula is C14H21NO3. The van der Waals surface area contributed by atoms with Crippen LogP contribution in [0, 0.1) is 17.8 Å². The number of carboxylic acid groups (broad SMARTS) is 1. The van der Waals surface area contributed by atoms with Crippen molar-refractivity contribution in [1.29, 1.82) is 0 Å². The molecule has 2 bridgehead atoms. The Hall–Kier alpha value is -1.32. The maximum absolute atomic E-state index is 12.2. The number of hydrogen-bond donors (Lipinski definition) is 2. The van der Waals surface area contributed by atoms with Gasteiger partial charge in [-0.1, -0.05) is 25.5 Å². The Kier molecular flexibility index (Phi) is 3.46. The highest BCUT2D eigenvalue weighted by molar-refractivity contribution is 5.88. The molecule has 0 aliphatic heterocycles. The molecule has 2 aliphatic carbocycles. The molecule has 18 heavy (non-hydrogen) atoms. The van der Waals surface area contributed by atoms with Crippen LogP contribution in [0.2, 0.25) is 0 Å². The van der Waals surface area contributed by atoms with Gasteiger partial charge in [-0.05, 0) is 38.0 Å². The van der Waals surface area contributed by atoms with Crippen LogP contribution in [0.15, 0.2) is 12.2 Å². The highest BCUT2D eigenvalue weighted by Crippen LogP contribution is 2.43. The van der Waals surface area contributed by atoms with Crippen molar-refractivity contribution in [2.45, 2.75) is 45.1 Å². The van der Waals surface area contributed by atoms with E-state index in [1.807, 2.05) is 6.92 Å². The molecule has 4 nitrogen and oxygen atoms in total. The van der Waals surface area contributed by atoms with Gasteiger partial charge in [-0.15, -0.1) is 0 Å². The zero-order valence-corrected chi connectivity index (χ0v) is 11.0. The van der Waals surface area contributed by atoms with Gasteiger partial charge in [0.15, 0.2) is 0 Å². The first-order valence-electron chi connectivity index (χ1n) is 6.70. The fourth-order valence-corrected chi connectivity index (χ4v) is 3.17. The predicted octanol–water partition coefficient (Wildman–Crippen LogP) is 1.96. The molecule has 2 aliphatic rings. The molecule has 4 unspecified atom stereocenters. The van der Waals surface area contributed by atoms with Gasteiger partial charge in [0.05, 0.1) is 0 Å². The number of nitrogens with one attached hydrogen (secondary N) is 1. The second-order valence-electron chi connectivity index (χ2n) is 5.76. The number of allylic oxidation sites excluding steroid dienone is 2. The number of hydrogen-bond acceptors (Lipinski definition) is 2. The molecule has 0 radical (unpaired) electrons. The molecule has 2 N–H and O–H groups in total. The number of fused-ring (bicyclic) bond motifs is 2. The fraction of sp³-hybridized carbons (Fsp3) is 0.714. The van der Waals surface area contributed by atoms with E-state index in [1.165, 1.54) is 0 Å². The van der Waals surface area contributed by atoms with E-state index in [4.69, 9.17) is 0 Å². The highest BCUT2D eigenvalue weighted by atomic mass is 16.4. The van der Waals surface area contributed by atoms with Crippen molar-refractivity contribution in [3.8, 4) is 0 Å². The van der Waals surface area contributed by atoms with Crippen LogP contribution in [0.4, 0.5) is 0 Å². The zero-order chi connectivity index (χ0) is 13.3. The smallest absolute Gasteiger partial charge is 0.329 e. The lowest BCUT2D eigenvalue weighted by Gasteiger charge is -2.28. The summed E-state index contributed by atoms with van der Waals surface area (Å²) in [5.41, 5.74) is -1.13. The molecule has 0 aromatic heterocycles. The third-order valence-corrected chi connectivity index (χ3v) is 4.24. The topological polar surface area (TPSA) is 66.4 Å². The van der Waals surface area contributed by atoms with Crippen LogP contribution in [-0.4, -0.2) is 22.5 Å². The standard InChI is InChI=1S/C14H21NO3/c1-3-6-14(2,13(17)18)15-12(16)11-8-9-4-5-10(11)7-9/h4-5,9-11H,3,6-8H2,1-2H3,(H,15,16)(H,17,18). The minimum Gasteiger partial charge on any atom is -0.480 e. The van der Waals surface area contributed by atoms with Gasteiger partial charge in [0.2, 0.25) is 5.91 Å². The van der Waals surface area contributed by atoms with Crippen molar-refractivity contribution in [3.05, 3.63) is 12.2 Å². The third kappa shape index (κ3) is 2.28. The van der Waals surface area contributed by atoms with Gasteiger partial charge < -0.3 is 10.4 Å². The van der Waals surface area contributed by atoms with Crippen LogP contribution in [0.1, 0.15) is 39.5 Å². The first kappa shape index (κ1) is 13.1. The van der Waals surface area contributed by atoms with E-state index in [-0.39, 0.29) is 11.8 Å². The van der Waals surface area contributed by atoms with Crippen LogP contribution in [-0.2, 0) is 9.59 Å².